The molecule has 0 saturated heterocycles. The number of methoxy groups -OCH3 is 1. The minimum absolute atomic E-state index is 0.0850. The van der Waals surface area contributed by atoms with E-state index in [4.69, 9.17) is 9.47 Å². The Kier molecular flexibility index (Phi) is 8.83. The van der Waals surface area contributed by atoms with Gasteiger partial charge in [-0.2, -0.15) is 0 Å². The fraction of sp³-hybridized carbons (Fsp3) is 0.682. The minimum Gasteiger partial charge on any atom is -0.493 e. The molecule has 5 atom stereocenters. The van der Waals surface area contributed by atoms with Crippen molar-refractivity contribution in [2.45, 2.75) is 69.7 Å². The van der Waals surface area contributed by atoms with Crippen LogP contribution in [-0.4, -0.2) is 30.9 Å². The third kappa shape index (κ3) is 4.01. The summed E-state index contributed by atoms with van der Waals surface area (Å²) in [6.07, 6.45) is 5.33. The highest BCUT2D eigenvalue weighted by atomic mass is 79.9. The molecule has 3 aliphatic rings. The van der Waals surface area contributed by atoms with Gasteiger partial charge in [-0.25, -0.2) is 0 Å². The molecule has 1 aromatic carbocycles. The van der Waals surface area contributed by atoms with Crippen molar-refractivity contribution in [3.63, 3.8) is 0 Å². The average Bonchev–Trinajstić information content (AvgIpc) is 3.13. The molecule has 1 aliphatic heterocycles. The number of ketones is 1. The molecule has 2 N–H and O–H groups in total. The zero-order valence-electron chi connectivity index (χ0n) is 17.6. The van der Waals surface area contributed by atoms with Crippen LogP contribution >= 0.6 is 31.9 Å². The summed E-state index contributed by atoms with van der Waals surface area (Å²) in [5, 5.41) is 0. The molecule has 1 fully saturated rings. The van der Waals surface area contributed by atoms with Crippen molar-refractivity contribution in [3.8, 4) is 11.5 Å². The van der Waals surface area contributed by atoms with Crippen molar-refractivity contribution in [1.29, 1.82) is 0 Å². The zero-order chi connectivity index (χ0) is 21.0. The Bertz CT molecular complexity index is 695. The number of ether oxygens (including phenoxy) is 2. The first-order valence-electron chi connectivity index (χ1n) is 10.4. The van der Waals surface area contributed by atoms with Gasteiger partial charge in [0.15, 0.2) is 23.4 Å². The lowest BCUT2D eigenvalue weighted by Crippen LogP contribution is -2.48. The average molecular weight is 519 g/mol. The molecule has 4 nitrogen and oxygen atoms in total. The second kappa shape index (κ2) is 10.4. The monoisotopic (exact) mass is 517 g/mol. The van der Waals surface area contributed by atoms with Gasteiger partial charge in [-0.05, 0) is 49.8 Å². The molecule has 0 spiro atoms. The van der Waals surface area contributed by atoms with Crippen LogP contribution in [-0.2, 0) is 11.2 Å². The lowest BCUT2D eigenvalue weighted by Gasteiger charge is -2.43. The molecule has 4 rings (SSSR count). The van der Waals surface area contributed by atoms with E-state index in [0.717, 1.165) is 28.8 Å². The predicted octanol–water partition coefficient (Wildman–Crippen LogP) is 5.62. The van der Waals surface area contributed by atoms with Crippen molar-refractivity contribution in [3.05, 3.63) is 21.7 Å². The van der Waals surface area contributed by atoms with Gasteiger partial charge in [0.1, 0.15) is 0 Å². The van der Waals surface area contributed by atoms with Crippen molar-refractivity contribution >= 4 is 37.6 Å². The highest BCUT2D eigenvalue weighted by Gasteiger charge is 2.55. The number of carbonyl (C=O) groups excluding carboxylic acids is 1. The fourth-order valence-electron chi connectivity index (χ4n) is 4.89. The molecule has 158 valence electrons. The van der Waals surface area contributed by atoms with Gasteiger partial charge in [0.05, 0.1) is 11.9 Å². The third-order valence-electron chi connectivity index (χ3n) is 5.99. The Balaban J connectivity index is 0.000000660. The number of rotatable bonds is 4. The number of unbranched alkanes of at least 4 members (excludes halogenated alkanes) is 1. The van der Waals surface area contributed by atoms with E-state index in [9.17, 15) is 4.79 Å². The van der Waals surface area contributed by atoms with Crippen molar-refractivity contribution in [1.82, 2.24) is 0 Å². The number of nitrogens with two attached hydrogens (primary N) is 1. The first-order chi connectivity index (χ1) is 13.6. The Hall–Kier alpha value is -0.590. The lowest BCUT2D eigenvalue weighted by molar-refractivity contribution is -0.129. The summed E-state index contributed by atoms with van der Waals surface area (Å²) in [5.74, 6) is 3.05. The molecule has 1 heterocycles. The van der Waals surface area contributed by atoms with Gasteiger partial charge in [-0.3, -0.25) is 4.79 Å². The van der Waals surface area contributed by atoms with E-state index in [2.05, 4.69) is 44.5 Å². The summed E-state index contributed by atoms with van der Waals surface area (Å²) in [6, 6.07) is 2.00. The molecular formula is C22H33Br2NO3. The maximum absolute atomic E-state index is 12.7. The van der Waals surface area contributed by atoms with Crippen molar-refractivity contribution in [2.75, 3.05) is 14.2 Å². The smallest absolute Gasteiger partial charge is 0.187 e. The van der Waals surface area contributed by atoms with Crippen LogP contribution in [0.3, 0.4) is 0 Å². The van der Waals surface area contributed by atoms with E-state index < -0.39 is 0 Å². The molecule has 6 heteroatoms. The molecule has 1 aromatic rings. The Morgan fingerprint density at radius 3 is 2.61 bits per heavy atom. The number of hydrogen-bond donors (Lipinski definition) is 1. The Morgan fingerprint density at radius 1 is 1.32 bits per heavy atom. The molecule has 0 radical (unpaired) electrons. The van der Waals surface area contributed by atoms with Crippen LogP contribution in [0.25, 0.3) is 0 Å². The lowest BCUT2D eigenvalue weighted by atomic mass is 9.61. The molecule has 0 amide bonds. The summed E-state index contributed by atoms with van der Waals surface area (Å²) >= 11 is 7.35. The van der Waals surface area contributed by atoms with Crippen LogP contribution < -0.4 is 15.2 Å². The Morgan fingerprint density at radius 2 is 2.00 bits per heavy atom. The number of alkyl halides is 1. The van der Waals surface area contributed by atoms with E-state index in [1.807, 2.05) is 19.9 Å². The van der Waals surface area contributed by atoms with Gasteiger partial charge in [0, 0.05) is 16.0 Å². The molecular weight excluding hydrogens is 486 g/mol. The normalized spacial score (nSPS) is 28.9. The topological polar surface area (TPSA) is 61.5 Å². The van der Waals surface area contributed by atoms with Gasteiger partial charge in [0.2, 0.25) is 0 Å². The molecule has 4 unspecified atom stereocenters. The van der Waals surface area contributed by atoms with Crippen molar-refractivity contribution in [2.24, 2.45) is 17.6 Å². The molecule has 0 aromatic heterocycles. The summed E-state index contributed by atoms with van der Waals surface area (Å²) < 4.78 is 12.8. The fourth-order valence-corrected chi connectivity index (χ4v) is 6.16. The Labute approximate surface area is 186 Å². The summed E-state index contributed by atoms with van der Waals surface area (Å²) in [5.41, 5.74) is 7.06. The summed E-state index contributed by atoms with van der Waals surface area (Å²) in [4.78, 5) is 12.7. The SMILES string of the molecule is CC.CCCCC1Cc2c(Br)cc(OC)c3c2C2C1CC(Br)C(=O)[C@H]2O3.CN. The largest absolute Gasteiger partial charge is 0.493 e. The van der Waals surface area contributed by atoms with Crippen LogP contribution in [0.5, 0.6) is 11.5 Å². The second-order valence-corrected chi connectivity index (χ2v) is 9.18. The minimum atomic E-state index is -0.352. The molecule has 0 bridgehead atoms. The maximum Gasteiger partial charge on any atom is 0.187 e. The van der Waals surface area contributed by atoms with E-state index in [1.165, 1.54) is 37.4 Å². The van der Waals surface area contributed by atoms with E-state index in [-0.39, 0.29) is 22.6 Å². The van der Waals surface area contributed by atoms with Crippen molar-refractivity contribution < 1.29 is 14.3 Å². The van der Waals surface area contributed by atoms with Gasteiger partial charge < -0.3 is 15.2 Å². The zero-order valence-corrected chi connectivity index (χ0v) is 20.7. The molecule has 1 saturated carbocycles. The van der Waals surface area contributed by atoms with Gasteiger partial charge in [-0.15, -0.1) is 0 Å². The van der Waals surface area contributed by atoms with Crippen LogP contribution in [0.1, 0.15) is 63.5 Å². The number of benzene rings is 1. The standard InChI is InChI=1S/C19H22Br2O3.C2H6.CH5N/c1-3-4-5-9-6-11-12(20)8-14(23-2)18-16(11)15-10(9)7-13(21)17(22)19(15)24-18;2*1-2/h8-10,13,15,19H,3-7H2,1-2H3;1-2H3;2H2,1H3/t9?,10?,13?,15?,19-;;/m0../s1. The first kappa shape index (κ1) is 23.7. The number of hydrogen-bond acceptors (Lipinski definition) is 4. The predicted molar refractivity (Wildman–Crippen MR) is 122 cm³/mol. The van der Waals surface area contributed by atoms with Crippen LogP contribution in [0, 0.1) is 11.8 Å². The van der Waals surface area contributed by atoms with E-state index >= 15 is 0 Å². The second-order valence-electron chi connectivity index (χ2n) is 7.22. The summed E-state index contributed by atoms with van der Waals surface area (Å²) in [7, 11) is 3.16. The highest BCUT2D eigenvalue weighted by Crippen LogP contribution is 2.59. The van der Waals surface area contributed by atoms with E-state index in [1.54, 1.807) is 7.11 Å². The third-order valence-corrected chi connectivity index (χ3v) is 7.53. The number of halogens is 2. The highest BCUT2D eigenvalue weighted by molar-refractivity contribution is 9.10. The number of carbonyl (C=O) groups is 1. The maximum atomic E-state index is 12.7. The van der Waals surface area contributed by atoms with E-state index in [0.29, 0.717) is 11.8 Å². The first-order valence-corrected chi connectivity index (χ1v) is 12.1. The van der Waals surface area contributed by atoms with Crippen LogP contribution in [0.4, 0.5) is 0 Å². The molecule has 28 heavy (non-hydrogen) atoms. The quantitative estimate of drug-likeness (QED) is 0.525. The number of Topliss-reactive ketones (excluding diaryl/α,β-unsaturated/α-hetero) is 1. The molecule has 2 aliphatic carbocycles. The van der Waals surface area contributed by atoms with Gasteiger partial charge >= 0.3 is 0 Å². The van der Waals surface area contributed by atoms with Crippen LogP contribution in [0.2, 0.25) is 0 Å². The van der Waals surface area contributed by atoms with Crippen LogP contribution in [0.15, 0.2) is 10.5 Å². The summed E-state index contributed by atoms with van der Waals surface area (Å²) in [6.45, 7) is 6.24. The van der Waals surface area contributed by atoms with Gasteiger partial charge in [0.25, 0.3) is 0 Å². The van der Waals surface area contributed by atoms with Gasteiger partial charge in [-0.1, -0.05) is 65.5 Å².